The van der Waals surface area contributed by atoms with Crippen molar-refractivity contribution in [2.24, 2.45) is 0 Å². The first-order valence-electron chi connectivity index (χ1n) is 6.90. The SMILES string of the molecule is CCCS(=O)(=O)Nc1cccc(NC(=O)Nc2ncncn2)c1F. The third-order valence-corrected chi connectivity index (χ3v) is 4.18. The summed E-state index contributed by atoms with van der Waals surface area (Å²) in [7, 11) is -3.65. The Morgan fingerprint density at radius 2 is 1.83 bits per heavy atom. The molecule has 0 saturated heterocycles. The maximum absolute atomic E-state index is 14.3. The fourth-order valence-electron chi connectivity index (χ4n) is 1.75. The van der Waals surface area contributed by atoms with Gasteiger partial charge in [0.25, 0.3) is 0 Å². The maximum atomic E-state index is 14.3. The number of urea groups is 1. The number of nitrogens with one attached hydrogen (secondary N) is 3. The smallest absolute Gasteiger partial charge is 0.305 e. The van der Waals surface area contributed by atoms with Crippen molar-refractivity contribution < 1.29 is 17.6 Å². The normalized spacial score (nSPS) is 10.9. The van der Waals surface area contributed by atoms with Crippen LogP contribution in [0.15, 0.2) is 30.9 Å². The molecule has 0 spiro atoms. The zero-order valence-electron chi connectivity index (χ0n) is 12.7. The summed E-state index contributed by atoms with van der Waals surface area (Å²) in [6.07, 6.45) is 2.77. The second-order valence-corrected chi connectivity index (χ2v) is 6.47. The third-order valence-electron chi connectivity index (χ3n) is 2.70. The summed E-state index contributed by atoms with van der Waals surface area (Å²) >= 11 is 0. The number of aromatic nitrogens is 3. The van der Waals surface area contributed by atoms with E-state index in [1.165, 1.54) is 30.9 Å². The third kappa shape index (κ3) is 4.84. The van der Waals surface area contributed by atoms with Crippen LogP contribution in [-0.2, 0) is 10.0 Å². The molecular formula is C13H15FN6O3S. The average Bonchev–Trinajstić information content (AvgIpc) is 2.52. The van der Waals surface area contributed by atoms with Crippen LogP contribution in [-0.4, -0.2) is 35.2 Å². The molecule has 0 aliphatic carbocycles. The van der Waals surface area contributed by atoms with Gasteiger partial charge in [-0.15, -0.1) is 0 Å². The number of hydrogen-bond donors (Lipinski definition) is 3. The minimum absolute atomic E-state index is 0.0114. The van der Waals surface area contributed by atoms with Crippen molar-refractivity contribution in [2.45, 2.75) is 13.3 Å². The predicted octanol–water partition coefficient (Wildman–Crippen LogP) is 1.81. The largest absolute Gasteiger partial charge is 0.326 e. The first-order valence-corrected chi connectivity index (χ1v) is 8.55. The van der Waals surface area contributed by atoms with E-state index in [2.05, 4.69) is 30.3 Å². The van der Waals surface area contributed by atoms with Crippen LogP contribution in [0.3, 0.4) is 0 Å². The van der Waals surface area contributed by atoms with Gasteiger partial charge in [-0.1, -0.05) is 13.0 Å². The molecule has 11 heteroatoms. The van der Waals surface area contributed by atoms with Gasteiger partial charge in [-0.3, -0.25) is 10.0 Å². The van der Waals surface area contributed by atoms with Gasteiger partial charge in [-0.25, -0.2) is 32.6 Å². The van der Waals surface area contributed by atoms with Crippen molar-refractivity contribution in [1.82, 2.24) is 15.0 Å². The first-order chi connectivity index (χ1) is 11.4. The van der Waals surface area contributed by atoms with E-state index < -0.39 is 21.9 Å². The monoisotopic (exact) mass is 354 g/mol. The molecule has 24 heavy (non-hydrogen) atoms. The molecule has 0 aliphatic rings. The van der Waals surface area contributed by atoms with Crippen molar-refractivity contribution in [3.05, 3.63) is 36.7 Å². The summed E-state index contributed by atoms with van der Waals surface area (Å²) < 4.78 is 39.9. The van der Waals surface area contributed by atoms with E-state index in [4.69, 9.17) is 0 Å². The quantitative estimate of drug-likeness (QED) is 0.726. The Morgan fingerprint density at radius 3 is 2.50 bits per heavy atom. The number of rotatable bonds is 6. The minimum atomic E-state index is -3.65. The summed E-state index contributed by atoms with van der Waals surface area (Å²) in [4.78, 5) is 22.8. The van der Waals surface area contributed by atoms with Crippen LogP contribution in [0.1, 0.15) is 13.3 Å². The zero-order valence-corrected chi connectivity index (χ0v) is 13.5. The van der Waals surface area contributed by atoms with Gasteiger partial charge in [0.2, 0.25) is 16.0 Å². The predicted molar refractivity (Wildman–Crippen MR) is 86.6 cm³/mol. The first kappa shape index (κ1) is 17.5. The molecule has 0 saturated carbocycles. The van der Waals surface area contributed by atoms with Crippen molar-refractivity contribution in [3.8, 4) is 0 Å². The lowest BCUT2D eigenvalue weighted by molar-refractivity contribution is 0.262. The molecule has 0 radical (unpaired) electrons. The van der Waals surface area contributed by atoms with Crippen LogP contribution in [0.25, 0.3) is 0 Å². The number of benzene rings is 1. The number of amides is 2. The second kappa shape index (κ2) is 7.64. The Morgan fingerprint density at radius 1 is 1.17 bits per heavy atom. The molecule has 1 aromatic heterocycles. The van der Waals surface area contributed by atoms with Gasteiger partial charge in [-0.2, -0.15) is 0 Å². The molecule has 0 unspecified atom stereocenters. The highest BCUT2D eigenvalue weighted by Gasteiger charge is 2.16. The van der Waals surface area contributed by atoms with Crippen LogP contribution < -0.4 is 15.4 Å². The molecule has 9 nitrogen and oxygen atoms in total. The molecule has 2 aromatic rings. The lowest BCUT2D eigenvalue weighted by atomic mass is 10.2. The van der Waals surface area contributed by atoms with Crippen LogP contribution in [0.5, 0.6) is 0 Å². The average molecular weight is 354 g/mol. The Bertz CT molecular complexity index is 816. The summed E-state index contributed by atoms with van der Waals surface area (Å²) in [5.41, 5.74) is -0.445. The highest BCUT2D eigenvalue weighted by Crippen LogP contribution is 2.23. The number of carbonyl (C=O) groups excluding carboxylic acids is 1. The van der Waals surface area contributed by atoms with Crippen LogP contribution in [0.4, 0.5) is 26.5 Å². The number of sulfonamides is 1. The molecule has 0 atom stereocenters. The zero-order chi connectivity index (χ0) is 17.6. The van der Waals surface area contributed by atoms with E-state index in [0.717, 1.165) is 0 Å². The van der Waals surface area contributed by atoms with Crippen molar-refractivity contribution in [1.29, 1.82) is 0 Å². The minimum Gasteiger partial charge on any atom is -0.305 e. The molecule has 2 amide bonds. The Kier molecular flexibility index (Phi) is 5.58. The van der Waals surface area contributed by atoms with E-state index in [0.29, 0.717) is 6.42 Å². The van der Waals surface area contributed by atoms with Gasteiger partial charge in [0.1, 0.15) is 12.7 Å². The standard InChI is InChI=1S/C13H15FN6O3S/c1-2-6-24(22,23)20-10-5-3-4-9(11(10)14)18-13(21)19-12-16-7-15-8-17-12/h3-5,7-8,20H,2,6H2,1H3,(H2,15,16,17,18,19,21). The van der Waals surface area contributed by atoms with Crippen LogP contribution >= 0.6 is 0 Å². The number of halogens is 1. The molecule has 2 rings (SSSR count). The number of hydrogen-bond acceptors (Lipinski definition) is 6. The fraction of sp³-hybridized carbons (Fsp3) is 0.231. The maximum Gasteiger partial charge on any atom is 0.326 e. The van der Waals surface area contributed by atoms with Crippen molar-refractivity contribution >= 4 is 33.4 Å². The second-order valence-electron chi connectivity index (χ2n) is 4.63. The summed E-state index contributed by atoms with van der Waals surface area (Å²) in [5, 5.41) is 4.54. The fourth-order valence-corrected chi connectivity index (χ4v) is 2.89. The van der Waals surface area contributed by atoms with Crippen LogP contribution in [0, 0.1) is 5.82 Å². The molecular weight excluding hydrogens is 339 g/mol. The van der Waals surface area contributed by atoms with Crippen molar-refractivity contribution in [3.63, 3.8) is 0 Å². The van der Waals surface area contributed by atoms with Crippen molar-refractivity contribution in [2.75, 3.05) is 21.1 Å². The molecule has 3 N–H and O–H groups in total. The Balaban J connectivity index is 2.11. The summed E-state index contributed by atoms with van der Waals surface area (Å²) in [6, 6.07) is 3.18. The van der Waals surface area contributed by atoms with E-state index in [9.17, 15) is 17.6 Å². The van der Waals surface area contributed by atoms with Gasteiger partial charge >= 0.3 is 6.03 Å². The number of carbonyl (C=O) groups is 1. The molecule has 128 valence electrons. The number of nitrogens with zero attached hydrogens (tertiary/aromatic N) is 3. The Hall–Kier alpha value is -2.82. The van der Waals surface area contributed by atoms with Gasteiger partial charge in [-0.05, 0) is 18.6 Å². The highest BCUT2D eigenvalue weighted by atomic mass is 32.2. The van der Waals surface area contributed by atoms with Gasteiger partial charge < -0.3 is 5.32 Å². The summed E-state index contributed by atoms with van der Waals surface area (Å²) in [6.45, 7) is 1.69. The highest BCUT2D eigenvalue weighted by molar-refractivity contribution is 7.92. The molecule has 1 heterocycles. The lowest BCUT2D eigenvalue weighted by Crippen LogP contribution is -2.22. The van der Waals surface area contributed by atoms with E-state index >= 15 is 0 Å². The lowest BCUT2D eigenvalue weighted by Gasteiger charge is -2.12. The Labute approximate surface area is 137 Å². The number of anilines is 3. The molecule has 0 fully saturated rings. The molecule has 0 bridgehead atoms. The van der Waals surface area contributed by atoms with E-state index in [1.54, 1.807) is 6.92 Å². The molecule has 1 aromatic carbocycles. The van der Waals surface area contributed by atoms with E-state index in [-0.39, 0.29) is 23.1 Å². The van der Waals surface area contributed by atoms with Crippen LogP contribution in [0.2, 0.25) is 0 Å². The topological polar surface area (TPSA) is 126 Å². The van der Waals surface area contributed by atoms with Gasteiger partial charge in [0, 0.05) is 0 Å². The molecule has 0 aliphatic heterocycles. The van der Waals surface area contributed by atoms with E-state index in [1.807, 2.05) is 0 Å². The summed E-state index contributed by atoms with van der Waals surface area (Å²) in [5.74, 6) is -1.05. The van der Waals surface area contributed by atoms with Gasteiger partial charge in [0.15, 0.2) is 5.82 Å². The van der Waals surface area contributed by atoms with Gasteiger partial charge in [0.05, 0.1) is 17.1 Å².